The second-order valence-electron chi connectivity index (χ2n) is 5.25. The Morgan fingerprint density at radius 1 is 1.12 bits per heavy atom. The monoisotopic (exact) mass is 368 g/mol. The fourth-order valence-electron chi connectivity index (χ4n) is 1.78. The van der Waals surface area contributed by atoms with E-state index in [-0.39, 0.29) is 11.7 Å². The lowest BCUT2D eigenvalue weighted by Gasteiger charge is -2.14. The highest BCUT2D eigenvalue weighted by atomic mass is 35.5. The number of nitrogens with zero attached hydrogens (tertiary/aromatic N) is 1. The molecule has 0 saturated heterocycles. The molecule has 128 valence electrons. The second-order valence-corrected chi connectivity index (χ2v) is 7.26. The van der Waals surface area contributed by atoms with E-state index in [9.17, 15) is 13.2 Å². The second kappa shape index (κ2) is 7.50. The summed E-state index contributed by atoms with van der Waals surface area (Å²) >= 11 is 5.84. The quantitative estimate of drug-likeness (QED) is 0.751. The Morgan fingerprint density at radius 2 is 1.79 bits per heavy atom. The van der Waals surface area contributed by atoms with Crippen molar-refractivity contribution in [2.24, 2.45) is 0 Å². The van der Waals surface area contributed by atoms with Crippen LogP contribution in [0.1, 0.15) is 13.8 Å². The van der Waals surface area contributed by atoms with E-state index in [0.717, 1.165) is 0 Å². The number of hydrogen-bond acceptors (Lipinski definition) is 5. The number of benzene rings is 1. The molecule has 2 rings (SSSR count). The summed E-state index contributed by atoms with van der Waals surface area (Å²) in [5.74, 6) is 0. The lowest BCUT2D eigenvalue weighted by atomic mass is 10.3. The van der Waals surface area contributed by atoms with Gasteiger partial charge in [-0.1, -0.05) is 11.6 Å². The van der Waals surface area contributed by atoms with E-state index >= 15 is 0 Å². The molecular weight excluding hydrogens is 352 g/mol. The van der Waals surface area contributed by atoms with Crippen LogP contribution in [0.15, 0.2) is 42.7 Å². The van der Waals surface area contributed by atoms with Crippen LogP contribution in [-0.2, 0) is 10.0 Å². The number of pyridine rings is 1. The van der Waals surface area contributed by atoms with Crippen LogP contribution in [-0.4, -0.2) is 24.7 Å². The number of anilines is 3. The van der Waals surface area contributed by atoms with Crippen LogP contribution in [0.2, 0.25) is 5.02 Å². The SMILES string of the molecule is CC(C)NC(=O)S(=O)(=O)Nc1cnccc1Nc1ccc(Cl)cc1. The van der Waals surface area contributed by atoms with E-state index in [1.165, 1.54) is 12.4 Å². The molecule has 0 atom stereocenters. The Morgan fingerprint density at radius 3 is 2.42 bits per heavy atom. The summed E-state index contributed by atoms with van der Waals surface area (Å²) in [5.41, 5.74) is 1.32. The van der Waals surface area contributed by atoms with Gasteiger partial charge in [-0.15, -0.1) is 0 Å². The van der Waals surface area contributed by atoms with Crippen LogP contribution in [0, 0.1) is 0 Å². The summed E-state index contributed by atoms with van der Waals surface area (Å²) in [7, 11) is -4.23. The predicted molar refractivity (Wildman–Crippen MR) is 95.2 cm³/mol. The average molecular weight is 369 g/mol. The summed E-state index contributed by atoms with van der Waals surface area (Å²) in [6.45, 7) is 3.34. The van der Waals surface area contributed by atoms with Crippen molar-refractivity contribution >= 4 is 43.9 Å². The zero-order chi connectivity index (χ0) is 17.7. The molecule has 0 spiro atoms. The third-order valence-corrected chi connectivity index (χ3v) is 4.19. The molecule has 0 aliphatic rings. The summed E-state index contributed by atoms with van der Waals surface area (Å²) in [6, 6.07) is 8.18. The van der Waals surface area contributed by atoms with Gasteiger partial charge in [0.15, 0.2) is 0 Å². The molecule has 0 radical (unpaired) electrons. The van der Waals surface area contributed by atoms with Gasteiger partial charge in [0.2, 0.25) is 0 Å². The Labute approximate surface area is 145 Å². The normalized spacial score (nSPS) is 11.2. The van der Waals surface area contributed by atoms with Gasteiger partial charge in [0.1, 0.15) is 0 Å². The van der Waals surface area contributed by atoms with Crippen molar-refractivity contribution in [2.45, 2.75) is 19.9 Å². The van der Waals surface area contributed by atoms with Crippen molar-refractivity contribution in [3.8, 4) is 0 Å². The van der Waals surface area contributed by atoms with Crippen molar-refractivity contribution in [3.05, 3.63) is 47.7 Å². The first kappa shape index (κ1) is 18.0. The molecular formula is C15H17ClN4O3S. The smallest absolute Gasteiger partial charge is 0.354 e. The average Bonchev–Trinajstić information content (AvgIpc) is 2.50. The summed E-state index contributed by atoms with van der Waals surface area (Å²) in [4.78, 5) is 15.7. The molecule has 1 aromatic carbocycles. The lowest BCUT2D eigenvalue weighted by molar-refractivity contribution is 0.256. The van der Waals surface area contributed by atoms with Crippen LogP contribution in [0.5, 0.6) is 0 Å². The van der Waals surface area contributed by atoms with Crippen LogP contribution >= 0.6 is 11.6 Å². The van der Waals surface area contributed by atoms with E-state index in [1.54, 1.807) is 44.2 Å². The number of rotatable bonds is 5. The van der Waals surface area contributed by atoms with Crippen molar-refractivity contribution in [1.29, 1.82) is 0 Å². The topological polar surface area (TPSA) is 100 Å². The van der Waals surface area contributed by atoms with Gasteiger partial charge in [0.05, 0.1) is 17.6 Å². The van der Waals surface area contributed by atoms with Gasteiger partial charge in [-0.25, -0.2) is 0 Å². The van der Waals surface area contributed by atoms with Gasteiger partial charge in [-0.2, -0.15) is 8.42 Å². The Hall–Kier alpha value is -2.32. The van der Waals surface area contributed by atoms with Crippen LogP contribution in [0.25, 0.3) is 0 Å². The molecule has 9 heteroatoms. The molecule has 1 aromatic heterocycles. The molecule has 1 amide bonds. The van der Waals surface area contributed by atoms with Gasteiger partial charge in [0, 0.05) is 22.9 Å². The van der Waals surface area contributed by atoms with Crippen LogP contribution in [0.4, 0.5) is 21.9 Å². The van der Waals surface area contributed by atoms with E-state index < -0.39 is 15.3 Å². The molecule has 1 heterocycles. The maximum atomic E-state index is 12.1. The fourth-order valence-corrected chi connectivity index (χ4v) is 2.84. The highest BCUT2D eigenvalue weighted by Crippen LogP contribution is 2.26. The van der Waals surface area contributed by atoms with Gasteiger partial charge in [-0.05, 0) is 44.2 Å². The van der Waals surface area contributed by atoms with Gasteiger partial charge in [-0.3, -0.25) is 14.5 Å². The van der Waals surface area contributed by atoms with Crippen molar-refractivity contribution in [1.82, 2.24) is 10.3 Å². The maximum absolute atomic E-state index is 12.1. The summed E-state index contributed by atoms with van der Waals surface area (Å²) in [5, 5.41) is 4.86. The van der Waals surface area contributed by atoms with Crippen LogP contribution < -0.4 is 15.4 Å². The summed E-state index contributed by atoms with van der Waals surface area (Å²) in [6.07, 6.45) is 2.82. The Balaban J connectivity index is 2.22. The minimum absolute atomic E-state index is 0.159. The van der Waals surface area contributed by atoms with E-state index in [2.05, 4.69) is 20.3 Å². The molecule has 2 aromatic rings. The maximum Gasteiger partial charge on any atom is 0.357 e. The number of carbonyl (C=O) groups is 1. The molecule has 3 N–H and O–H groups in total. The molecule has 7 nitrogen and oxygen atoms in total. The van der Waals surface area contributed by atoms with Crippen LogP contribution in [0.3, 0.4) is 0 Å². The van der Waals surface area contributed by atoms with E-state index in [4.69, 9.17) is 11.6 Å². The Kier molecular flexibility index (Phi) is 5.63. The number of nitrogens with one attached hydrogen (secondary N) is 3. The van der Waals surface area contributed by atoms with Crippen molar-refractivity contribution in [2.75, 3.05) is 10.0 Å². The number of aromatic nitrogens is 1. The Bertz CT molecular complexity index is 823. The number of halogens is 1. The highest BCUT2D eigenvalue weighted by molar-refractivity contribution is 8.07. The summed E-state index contributed by atoms with van der Waals surface area (Å²) < 4.78 is 26.4. The van der Waals surface area contributed by atoms with Crippen molar-refractivity contribution in [3.63, 3.8) is 0 Å². The highest BCUT2D eigenvalue weighted by Gasteiger charge is 2.23. The fraction of sp³-hybridized carbons (Fsp3) is 0.200. The first-order valence-corrected chi connectivity index (χ1v) is 8.94. The first-order chi connectivity index (χ1) is 11.3. The third-order valence-electron chi connectivity index (χ3n) is 2.84. The molecule has 0 bridgehead atoms. The molecule has 0 aliphatic carbocycles. The van der Waals surface area contributed by atoms with Gasteiger partial charge in [0.25, 0.3) is 0 Å². The van der Waals surface area contributed by atoms with Gasteiger partial charge >= 0.3 is 15.3 Å². The number of carbonyl (C=O) groups excluding carboxylic acids is 1. The first-order valence-electron chi connectivity index (χ1n) is 7.08. The third kappa shape index (κ3) is 4.84. The van der Waals surface area contributed by atoms with E-state index in [1.807, 2.05) is 0 Å². The largest absolute Gasteiger partial charge is 0.357 e. The number of hydrogen-bond donors (Lipinski definition) is 3. The number of sulfonamides is 1. The zero-order valence-electron chi connectivity index (χ0n) is 13.1. The minimum Gasteiger partial charge on any atom is -0.354 e. The molecule has 0 saturated carbocycles. The van der Waals surface area contributed by atoms with Gasteiger partial charge < -0.3 is 10.6 Å². The standard InChI is InChI=1S/C15H17ClN4O3S/c1-10(2)18-15(21)24(22,23)20-14-9-17-8-7-13(14)19-12-5-3-11(16)4-6-12/h3-10,20H,1-2H3,(H,17,19)(H,18,21). The van der Waals surface area contributed by atoms with Crippen molar-refractivity contribution < 1.29 is 13.2 Å². The minimum atomic E-state index is -4.23. The molecule has 0 aliphatic heterocycles. The molecule has 24 heavy (non-hydrogen) atoms. The zero-order valence-corrected chi connectivity index (χ0v) is 14.6. The van der Waals surface area contributed by atoms with E-state index in [0.29, 0.717) is 16.4 Å². The molecule has 0 fully saturated rings. The molecule has 0 unspecified atom stereocenters. The lowest BCUT2D eigenvalue weighted by Crippen LogP contribution is -2.37. The number of amides is 1. The predicted octanol–water partition coefficient (Wildman–Crippen LogP) is 3.34.